The number of hydrogen-bond acceptors (Lipinski definition) is 5. The number of benzene rings is 1. The summed E-state index contributed by atoms with van der Waals surface area (Å²) in [5.41, 5.74) is 7.74. The van der Waals surface area contributed by atoms with Crippen LogP contribution in [0, 0.1) is 0 Å². The zero-order valence-electron chi connectivity index (χ0n) is 12.4. The predicted molar refractivity (Wildman–Crippen MR) is 81.2 cm³/mol. The van der Waals surface area contributed by atoms with Crippen molar-refractivity contribution in [1.82, 2.24) is 5.32 Å². The minimum Gasteiger partial charge on any atom is -0.462 e. The Morgan fingerprint density at radius 3 is 2.90 bits per heavy atom. The molecule has 0 spiro atoms. The highest BCUT2D eigenvalue weighted by Gasteiger charge is 2.31. The van der Waals surface area contributed by atoms with E-state index < -0.39 is 0 Å². The molecule has 1 atom stereocenters. The molecule has 0 radical (unpaired) electrons. The lowest BCUT2D eigenvalue weighted by Crippen LogP contribution is -2.42. The molecule has 1 fully saturated rings. The number of amides is 1. The van der Waals surface area contributed by atoms with Crippen molar-refractivity contribution in [3.63, 3.8) is 0 Å². The molecule has 0 saturated carbocycles. The predicted octanol–water partition coefficient (Wildman–Crippen LogP) is 1.16. The molecule has 3 N–H and O–H groups in total. The van der Waals surface area contributed by atoms with E-state index in [0.717, 1.165) is 19.4 Å². The quantitative estimate of drug-likeness (QED) is 0.642. The number of ether oxygens (including phenoxy) is 1. The minimum absolute atomic E-state index is 0.0339. The van der Waals surface area contributed by atoms with E-state index in [4.69, 9.17) is 10.5 Å². The number of carbonyl (C=O) groups is 2. The Balaban J connectivity index is 2.32. The summed E-state index contributed by atoms with van der Waals surface area (Å²) in [7, 11) is 1.62. The Labute approximate surface area is 124 Å². The summed E-state index contributed by atoms with van der Waals surface area (Å²) in [4.78, 5) is 25.7. The molecule has 2 rings (SSSR count). The van der Waals surface area contributed by atoms with Crippen LogP contribution in [0.5, 0.6) is 0 Å². The van der Waals surface area contributed by atoms with Gasteiger partial charge < -0.3 is 20.7 Å². The molecule has 0 aromatic heterocycles. The van der Waals surface area contributed by atoms with Gasteiger partial charge in [0, 0.05) is 13.6 Å². The van der Waals surface area contributed by atoms with Crippen molar-refractivity contribution in [3.05, 3.63) is 23.8 Å². The van der Waals surface area contributed by atoms with E-state index in [2.05, 4.69) is 5.32 Å². The van der Waals surface area contributed by atoms with Gasteiger partial charge in [-0.2, -0.15) is 0 Å². The van der Waals surface area contributed by atoms with E-state index in [1.165, 1.54) is 0 Å². The summed E-state index contributed by atoms with van der Waals surface area (Å²) in [5, 5.41) is 2.67. The van der Waals surface area contributed by atoms with Crippen molar-refractivity contribution in [2.75, 3.05) is 30.8 Å². The molecular weight excluding hydrogens is 270 g/mol. The van der Waals surface area contributed by atoms with Crippen LogP contribution in [-0.4, -0.2) is 38.1 Å². The Morgan fingerprint density at radius 2 is 2.24 bits per heavy atom. The number of anilines is 2. The number of nitrogens with two attached hydrogens (primary N) is 1. The van der Waals surface area contributed by atoms with Gasteiger partial charge in [0.2, 0.25) is 5.91 Å². The van der Waals surface area contributed by atoms with Crippen molar-refractivity contribution in [2.24, 2.45) is 0 Å². The number of esters is 1. The second-order valence-corrected chi connectivity index (χ2v) is 4.96. The van der Waals surface area contributed by atoms with Gasteiger partial charge in [0.25, 0.3) is 0 Å². The van der Waals surface area contributed by atoms with Gasteiger partial charge in [0.15, 0.2) is 0 Å². The molecule has 0 aliphatic carbocycles. The van der Waals surface area contributed by atoms with E-state index in [9.17, 15) is 9.59 Å². The Hall–Kier alpha value is -2.24. The second-order valence-electron chi connectivity index (χ2n) is 4.96. The molecule has 1 aliphatic rings. The zero-order chi connectivity index (χ0) is 15.4. The number of carbonyl (C=O) groups excluding carboxylic acids is 2. The van der Waals surface area contributed by atoms with Gasteiger partial charge in [-0.25, -0.2) is 4.79 Å². The number of nitrogen functional groups attached to an aromatic ring is 1. The lowest BCUT2D eigenvalue weighted by molar-refractivity contribution is -0.121. The van der Waals surface area contributed by atoms with Crippen LogP contribution in [0.2, 0.25) is 0 Å². The molecule has 1 unspecified atom stereocenters. The topological polar surface area (TPSA) is 84.7 Å². The highest BCUT2D eigenvalue weighted by atomic mass is 16.5. The Bertz CT molecular complexity index is 545. The first-order valence-corrected chi connectivity index (χ1v) is 7.13. The third-order valence-electron chi connectivity index (χ3n) is 3.65. The summed E-state index contributed by atoms with van der Waals surface area (Å²) in [5.74, 6) is -0.414. The molecule has 21 heavy (non-hydrogen) atoms. The van der Waals surface area contributed by atoms with E-state index >= 15 is 0 Å². The standard InChI is InChI=1S/C15H21N3O3/c1-3-21-15(20)10-6-7-11(16)13(9-10)18-8-4-5-12(18)14(19)17-2/h6-7,9,12H,3-5,8,16H2,1-2H3,(H,17,19). The van der Waals surface area contributed by atoms with Gasteiger partial charge in [0.05, 0.1) is 23.5 Å². The third-order valence-corrected chi connectivity index (χ3v) is 3.65. The first kappa shape index (κ1) is 15.2. The molecule has 1 saturated heterocycles. The molecule has 0 bridgehead atoms. The molecule has 1 heterocycles. The largest absolute Gasteiger partial charge is 0.462 e. The molecule has 1 aromatic rings. The van der Waals surface area contributed by atoms with Gasteiger partial charge in [-0.15, -0.1) is 0 Å². The van der Waals surface area contributed by atoms with Crippen LogP contribution in [-0.2, 0) is 9.53 Å². The monoisotopic (exact) mass is 291 g/mol. The fourth-order valence-corrected chi connectivity index (χ4v) is 2.63. The maximum Gasteiger partial charge on any atom is 0.338 e. The molecule has 1 aliphatic heterocycles. The highest BCUT2D eigenvalue weighted by Crippen LogP contribution is 2.31. The molecule has 114 valence electrons. The maximum atomic E-state index is 11.9. The van der Waals surface area contributed by atoms with E-state index in [1.54, 1.807) is 32.2 Å². The van der Waals surface area contributed by atoms with Crippen LogP contribution >= 0.6 is 0 Å². The van der Waals surface area contributed by atoms with Crippen molar-refractivity contribution in [3.8, 4) is 0 Å². The second kappa shape index (κ2) is 6.47. The molecule has 6 heteroatoms. The average Bonchev–Trinajstić information content (AvgIpc) is 2.96. The molecule has 1 amide bonds. The van der Waals surface area contributed by atoms with Crippen LogP contribution in [0.25, 0.3) is 0 Å². The van der Waals surface area contributed by atoms with Crippen LogP contribution < -0.4 is 16.0 Å². The number of nitrogens with zero attached hydrogens (tertiary/aromatic N) is 1. The average molecular weight is 291 g/mol. The van der Waals surface area contributed by atoms with Crippen LogP contribution in [0.15, 0.2) is 18.2 Å². The number of hydrogen-bond donors (Lipinski definition) is 2. The maximum absolute atomic E-state index is 11.9. The van der Waals surface area contributed by atoms with Crippen LogP contribution in [0.3, 0.4) is 0 Å². The molecule has 6 nitrogen and oxygen atoms in total. The Kier molecular flexibility index (Phi) is 4.67. The fourth-order valence-electron chi connectivity index (χ4n) is 2.63. The van der Waals surface area contributed by atoms with Gasteiger partial charge in [-0.1, -0.05) is 0 Å². The SMILES string of the molecule is CCOC(=O)c1ccc(N)c(N2CCCC2C(=O)NC)c1. The summed E-state index contributed by atoms with van der Waals surface area (Å²) in [6.07, 6.45) is 1.70. The Morgan fingerprint density at radius 1 is 1.48 bits per heavy atom. The van der Waals surface area contributed by atoms with Crippen molar-refractivity contribution in [2.45, 2.75) is 25.8 Å². The lowest BCUT2D eigenvalue weighted by atomic mass is 10.1. The third kappa shape index (κ3) is 3.09. The number of nitrogens with one attached hydrogen (secondary N) is 1. The number of likely N-dealkylation sites (N-methyl/N-ethyl adjacent to an activating group) is 1. The smallest absolute Gasteiger partial charge is 0.338 e. The van der Waals surface area contributed by atoms with Crippen LogP contribution in [0.1, 0.15) is 30.1 Å². The van der Waals surface area contributed by atoms with E-state index in [1.807, 2.05) is 4.90 Å². The fraction of sp³-hybridized carbons (Fsp3) is 0.467. The van der Waals surface area contributed by atoms with E-state index in [0.29, 0.717) is 23.5 Å². The van der Waals surface area contributed by atoms with Crippen molar-refractivity contribution in [1.29, 1.82) is 0 Å². The lowest BCUT2D eigenvalue weighted by Gasteiger charge is -2.27. The van der Waals surface area contributed by atoms with Gasteiger partial charge in [-0.3, -0.25) is 4.79 Å². The number of rotatable bonds is 4. The molecular formula is C15H21N3O3. The molecule has 1 aromatic carbocycles. The summed E-state index contributed by atoms with van der Waals surface area (Å²) in [6.45, 7) is 2.83. The summed E-state index contributed by atoms with van der Waals surface area (Å²) < 4.78 is 5.00. The first-order chi connectivity index (χ1) is 10.1. The normalized spacial score (nSPS) is 17.6. The highest BCUT2D eigenvalue weighted by molar-refractivity contribution is 5.93. The van der Waals surface area contributed by atoms with Crippen molar-refractivity contribution >= 4 is 23.3 Å². The van der Waals surface area contributed by atoms with Gasteiger partial charge in [-0.05, 0) is 38.0 Å². The van der Waals surface area contributed by atoms with Crippen molar-refractivity contribution < 1.29 is 14.3 Å². The minimum atomic E-state index is -0.380. The van der Waals surface area contributed by atoms with Gasteiger partial charge in [0.1, 0.15) is 6.04 Å². The van der Waals surface area contributed by atoms with E-state index in [-0.39, 0.29) is 17.9 Å². The van der Waals surface area contributed by atoms with Crippen LogP contribution in [0.4, 0.5) is 11.4 Å². The summed E-state index contributed by atoms with van der Waals surface area (Å²) >= 11 is 0. The van der Waals surface area contributed by atoms with Gasteiger partial charge >= 0.3 is 5.97 Å². The zero-order valence-corrected chi connectivity index (χ0v) is 12.4. The summed E-state index contributed by atoms with van der Waals surface area (Å²) in [6, 6.07) is 4.78. The first-order valence-electron chi connectivity index (χ1n) is 7.13.